The quantitative estimate of drug-likeness (QED) is 0.170. The third-order valence-corrected chi connectivity index (χ3v) is 12.6. The number of hydrogen-bond acceptors (Lipinski definition) is 10. The monoisotopic (exact) mass is 839 g/mol. The fourth-order valence-electron chi connectivity index (χ4n) is 7.18. The molecule has 6 N–H and O–H groups in total. The van der Waals surface area contributed by atoms with Crippen LogP contribution in [0.4, 0.5) is 0 Å². The zero-order chi connectivity index (χ0) is 43.7. The van der Waals surface area contributed by atoms with Crippen molar-refractivity contribution >= 4 is 47.2 Å². The van der Waals surface area contributed by atoms with Gasteiger partial charge in [0.15, 0.2) is 0 Å². The van der Waals surface area contributed by atoms with Crippen molar-refractivity contribution in [2.24, 2.45) is 5.92 Å². The SMILES string of the molecule is C=CC(C)(C)OC[C@@H]1NC(=O)[C@H]([C@@H](C)OC(C)(C)C=C)NC(=O)C2CSC(N2)[C@@H](Cc2ccccc2)NC(=O)[C@@H]2CCCN2C(=O)C(C)NC(=O)[C@H]([C@@H](C)CC)NC1=O. The van der Waals surface area contributed by atoms with Crippen LogP contribution in [-0.2, 0) is 44.7 Å². The van der Waals surface area contributed by atoms with Crippen molar-refractivity contribution in [2.45, 2.75) is 146 Å². The Balaban J connectivity index is 1.76. The Morgan fingerprint density at radius 2 is 1.49 bits per heavy atom. The smallest absolute Gasteiger partial charge is 0.245 e. The number of nitrogens with one attached hydrogen (secondary N) is 6. The summed E-state index contributed by atoms with van der Waals surface area (Å²) >= 11 is 1.47. The van der Waals surface area contributed by atoms with Gasteiger partial charge in [0.2, 0.25) is 35.4 Å². The summed E-state index contributed by atoms with van der Waals surface area (Å²) in [6.07, 6.45) is 4.20. The number of benzene rings is 1. The number of amides is 6. The summed E-state index contributed by atoms with van der Waals surface area (Å²) < 4.78 is 12.2. The zero-order valence-corrected chi connectivity index (χ0v) is 36.6. The number of nitrogens with zero attached hydrogens (tertiary/aromatic N) is 1. The van der Waals surface area contributed by atoms with E-state index in [0.717, 1.165) is 5.56 Å². The van der Waals surface area contributed by atoms with E-state index in [2.05, 4.69) is 45.1 Å². The number of hydrogen-bond donors (Lipinski definition) is 6. The summed E-state index contributed by atoms with van der Waals surface area (Å²) in [5.41, 5.74) is -0.811. The molecule has 4 rings (SSSR count). The van der Waals surface area contributed by atoms with E-state index in [1.807, 2.05) is 37.3 Å². The van der Waals surface area contributed by atoms with Crippen LogP contribution in [0.3, 0.4) is 0 Å². The highest BCUT2D eigenvalue weighted by Crippen LogP contribution is 2.26. The minimum absolute atomic E-state index is 0.308. The van der Waals surface area contributed by atoms with E-state index in [1.54, 1.807) is 60.6 Å². The molecule has 0 saturated carbocycles. The van der Waals surface area contributed by atoms with E-state index in [1.165, 1.54) is 16.7 Å². The van der Waals surface area contributed by atoms with Gasteiger partial charge in [-0.3, -0.25) is 34.1 Å². The predicted molar refractivity (Wildman–Crippen MR) is 228 cm³/mol. The van der Waals surface area contributed by atoms with E-state index in [4.69, 9.17) is 9.47 Å². The molecule has 3 fully saturated rings. The second kappa shape index (κ2) is 20.8. The lowest BCUT2D eigenvalue weighted by molar-refractivity contribution is -0.142. The fourth-order valence-corrected chi connectivity index (χ4v) is 8.48. The van der Waals surface area contributed by atoms with Crippen LogP contribution in [0.1, 0.15) is 80.2 Å². The van der Waals surface area contributed by atoms with Gasteiger partial charge in [0.05, 0.1) is 41.4 Å². The maximum atomic E-state index is 14.4. The van der Waals surface area contributed by atoms with Crippen LogP contribution in [-0.4, -0.2) is 124 Å². The summed E-state index contributed by atoms with van der Waals surface area (Å²) in [6, 6.07) is 2.88. The van der Waals surface area contributed by atoms with Crippen molar-refractivity contribution in [3.63, 3.8) is 0 Å². The van der Waals surface area contributed by atoms with Crippen molar-refractivity contribution in [3.05, 3.63) is 61.2 Å². The summed E-state index contributed by atoms with van der Waals surface area (Å²) in [5.74, 6) is -3.34. The van der Waals surface area contributed by atoms with E-state index >= 15 is 0 Å². The highest BCUT2D eigenvalue weighted by molar-refractivity contribution is 8.00. The highest BCUT2D eigenvalue weighted by Gasteiger charge is 2.43. The minimum atomic E-state index is -1.33. The zero-order valence-electron chi connectivity index (χ0n) is 35.8. The Hall–Kier alpha value is -4.25. The summed E-state index contributed by atoms with van der Waals surface area (Å²) in [5, 5.41) is 17.4. The van der Waals surface area contributed by atoms with E-state index in [9.17, 15) is 28.8 Å². The normalized spacial score (nSPS) is 29.1. The minimum Gasteiger partial charge on any atom is -0.369 e. The first-order valence-electron chi connectivity index (χ1n) is 20.6. The Kier molecular flexibility index (Phi) is 16.7. The first kappa shape index (κ1) is 47.4. The summed E-state index contributed by atoms with van der Waals surface area (Å²) in [6.45, 7) is 21.6. The first-order valence-corrected chi connectivity index (χ1v) is 21.7. The number of rotatable bonds is 12. The Bertz CT molecular complexity index is 1690. The second-order valence-corrected chi connectivity index (χ2v) is 18.0. The maximum absolute atomic E-state index is 14.4. The van der Waals surface area contributed by atoms with Gasteiger partial charge in [-0.2, -0.15) is 0 Å². The van der Waals surface area contributed by atoms with Crippen molar-refractivity contribution in [3.8, 4) is 0 Å². The molecule has 1 aromatic carbocycles. The lowest BCUT2D eigenvalue weighted by Gasteiger charge is -2.33. The third-order valence-electron chi connectivity index (χ3n) is 11.3. The van der Waals surface area contributed by atoms with Gasteiger partial charge >= 0.3 is 0 Å². The first-order chi connectivity index (χ1) is 27.8. The topological polar surface area (TPSA) is 196 Å². The van der Waals surface area contributed by atoms with E-state index < -0.39 is 94.5 Å². The van der Waals surface area contributed by atoms with Crippen LogP contribution in [0.25, 0.3) is 0 Å². The molecule has 0 spiro atoms. The van der Waals surface area contributed by atoms with Crippen LogP contribution < -0.4 is 31.9 Å². The number of thioether (sulfide) groups is 1. The molecule has 10 atom stereocenters. The summed E-state index contributed by atoms with van der Waals surface area (Å²) in [7, 11) is 0. The molecule has 3 aliphatic rings. The average Bonchev–Trinajstić information content (AvgIpc) is 3.91. The van der Waals surface area contributed by atoms with Crippen molar-refractivity contribution in [2.75, 3.05) is 18.9 Å². The number of fused-ring (bicyclic) bond motifs is 3. The molecule has 59 heavy (non-hydrogen) atoms. The van der Waals surface area contributed by atoms with Gasteiger partial charge < -0.3 is 41.0 Å². The van der Waals surface area contributed by atoms with Crippen LogP contribution in [0.5, 0.6) is 0 Å². The standard InChI is InChI=1S/C43H65N7O8S/c1-11-25(4)33-38(54)44-26(5)41(56)50-21-17-20-32(50)37(53)45-29(22-28-18-15-14-16-19-28)40-47-31(24-59-40)36(52)49-34(27(6)58-43(9,10)13-3)39(55)46-30(35(51)48-33)23-57-42(7,8)12-2/h12-16,18-19,25-27,29-34,40,47H,2-3,11,17,20-24H2,1,4-10H3,(H,44,54)(H,45,53)(H,46,55)(H,48,51)(H,49,52)/t25-,26?,27+,29+,30-,31?,32-,33-,34-,40?/m0/s1. The molecule has 326 valence electrons. The Morgan fingerprint density at radius 1 is 0.847 bits per heavy atom. The summed E-state index contributed by atoms with van der Waals surface area (Å²) in [4.78, 5) is 86.2. The molecule has 0 radical (unpaired) electrons. The second-order valence-electron chi connectivity index (χ2n) is 16.9. The lowest BCUT2D eigenvalue weighted by atomic mass is 9.97. The number of carbonyl (C=O) groups excluding carboxylic acids is 6. The number of carbonyl (C=O) groups is 6. The molecule has 0 aromatic heterocycles. The lowest BCUT2D eigenvalue weighted by Crippen LogP contribution is -2.63. The Labute approximate surface area is 353 Å². The average molecular weight is 840 g/mol. The third kappa shape index (κ3) is 12.9. The molecule has 3 saturated heterocycles. The highest BCUT2D eigenvalue weighted by atomic mass is 32.2. The van der Waals surface area contributed by atoms with Gasteiger partial charge in [-0.25, -0.2) is 0 Å². The van der Waals surface area contributed by atoms with Gasteiger partial charge in [-0.1, -0.05) is 62.8 Å². The maximum Gasteiger partial charge on any atom is 0.245 e. The molecule has 16 heteroatoms. The van der Waals surface area contributed by atoms with Crippen LogP contribution in [0, 0.1) is 5.92 Å². The Morgan fingerprint density at radius 3 is 2.14 bits per heavy atom. The molecule has 0 aliphatic carbocycles. The van der Waals surface area contributed by atoms with Crippen molar-refractivity contribution in [1.82, 2.24) is 36.8 Å². The molecule has 3 unspecified atom stereocenters. The molecule has 3 heterocycles. The van der Waals surface area contributed by atoms with Crippen LogP contribution in [0.2, 0.25) is 0 Å². The molecule has 1 aromatic rings. The number of ether oxygens (including phenoxy) is 2. The molecule has 2 bridgehead atoms. The van der Waals surface area contributed by atoms with Crippen LogP contribution in [0.15, 0.2) is 55.6 Å². The fraction of sp³-hybridized carbons (Fsp3) is 0.628. The van der Waals surface area contributed by atoms with E-state index in [-0.39, 0.29) is 18.4 Å². The van der Waals surface area contributed by atoms with Gasteiger partial charge in [0, 0.05) is 12.3 Å². The molecule has 6 amide bonds. The van der Waals surface area contributed by atoms with Gasteiger partial charge in [-0.05, 0) is 72.3 Å². The molecule has 3 aliphatic heterocycles. The van der Waals surface area contributed by atoms with Crippen molar-refractivity contribution in [1.29, 1.82) is 0 Å². The molecule has 15 nitrogen and oxygen atoms in total. The van der Waals surface area contributed by atoms with Gasteiger partial charge in [0.1, 0.15) is 30.2 Å². The van der Waals surface area contributed by atoms with Gasteiger partial charge in [0.25, 0.3) is 0 Å². The van der Waals surface area contributed by atoms with Crippen LogP contribution >= 0.6 is 11.8 Å². The van der Waals surface area contributed by atoms with E-state index in [0.29, 0.717) is 38.0 Å². The largest absolute Gasteiger partial charge is 0.369 e. The van der Waals surface area contributed by atoms with Crippen molar-refractivity contribution < 1.29 is 38.2 Å². The predicted octanol–water partition coefficient (Wildman–Crippen LogP) is 2.11. The molecular formula is C43H65N7O8S. The van der Waals surface area contributed by atoms with Gasteiger partial charge in [-0.15, -0.1) is 24.9 Å². The molecular weight excluding hydrogens is 775 g/mol.